The molecule has 0 bridgehead atoms. The zero-order chi connectivity index (χ0) is 18.6. The van der Waals surface area contributed by atoms with E-state index in [0.717, 1.165) is 11.3 Å². The van der Waals surface area contributed by atoms with Crippen LogP contribution in [0.3, 0.4) is 0 Å². The fraction of sp³-hybridized carbons (Fsp3) is 0.100. The number of benzene rings is 3. The molecule has 5 nitrogen and oxygen atoms in total. The van der Waals surface area contributed by atoms with Crippen LogP contribution < -0.4 is 15.2 Å². The first-order chi connectivity index (χ1) is 12.4. The minimum Gasteiger partial charge on any atom is -0.457 e. The molecule has 26 heavy (non-hydrogen) atoms. The Balaban J connectivity index is 1.62. The van der Waals surface area contributed by atoms with Crippen molar-refractivity contribution in [3.05, 3.63) is 83.9 Å². The van der Waals surface area contributed by atoms with Crippen LogP contribution in [0.4, 0.5) is 5.69 Å². The van der Waals surface area contributed by atoms with E-state index in [-0.39, 0.29) is 11.4 Å². The molecule has 0 saturated heterocycles. The lowest BCUT2D eigenvalue weighted by molar-refractivity contribution is 0.482. The van der Waals surface area contributed by atoms with Crippen LogP contribution >= 0.6 is 0 Å². The van der Waals surface area contributed by atoms with Gasteiger partial charge in [0, 0.05) is 12.2 Å². The average Bonchev–Trinajstić information content (AvgIpc) is 2.63. The Kier molecular flexibility index (Phi) is 5.25. The summed E-state index contributed by atoms with van der Waals surface area (Å²) in [4.78, 5) is 0.186. The van der Waals surface area contributed by atoms with Crippen LogP contribution in [0, 0.1) is 6.92 Å². The van der Waals surface area contributed by atoms with Crippen molar-refractivity contribution in [2.24, 2.45) is 0 Å². The Morgan fingerprint density at radius 2 is 1.38 bits per heavy atom. The largest absolute Gasteiger partial charge is 0.457 e. The zero-order valence-corrected chi connectivity index (χ0v) is 15.2. The zero-order valence-electron chi connectivity index (χ0n) is 14.3. The van der Waals surface area contributed by atoms with Gasteiger partial charge in [-0.1, -0.05) is 29.8 Å². The lowest BCUT2D eigenvalue weighted by atomic mass is 10.2. The van der Waals surface area contributed by atoms with Crippen molar-refractivity contribution in [3.8, 4) is 11.5 Å². The van der Waals surface area contributed by atoms with Crippen LogP contribution in [0.15, 0.2) is 77.7 Å². The maximum absolute atomic E-state index is 12.3. The predicted molar refractivity (Wildman–Crippen MR) is 103 cm³/mol. The summed E-state index contributed by atoms with van der Waals surface area (Å²) < 4.78 is 32.9. The van der Waals surface area contributed by atoms with Gasteiger partial charge in [0.15, 0.2) is 0 Å². The van der Waals surface area contributed by atoms with Crippen LogP contribution in [0.5, 0.6) is 11.5 Å². The van der Waals surface area contributed by atoms with Crippen LogP contribution in [0.25, 0.3) is 0 Å². The highest BCUT2D eigenvalue weighted by Gasteiger charge is 2.13. The molecule has 0 heterocycles. The predicted octanol–water partition coefficient (Wildman–Crippen LogP) is 3.85. The second kappa shape index (κ2) is 7.59. The first-order valence-electron chi connectivity index (χ1n) is 8.11. The monoisotopic (exact) mass is 368 g/mol. The van der Waals surface area contributed by atoms with Crippen molar-refractivity contribution >= 4 is 15.7 Å². The third-order valence-corrected chi connectivity index (χ3v) is 5.25. The van der Waals surface area contributed by atoms with Gasteiger partial charge < -0.3 is 10.5 Å². The Labute approximate surface area is 153 Å². The van der Waals surface area contributed by atoms with Crippen molar-refractivity contribution in [1.82, 2.24) is 4.72 Å². The van der Waals surface area contributed by atoms with Gasteiger partial charge in [-0.15, -0.1) is 0 Å². The van der Waals surface area contributed by atoms with Gasteiger partial charge >= 0.3 is 0 Å². The van der Waals surface area contributed by atoms with E-state index in [0.29, 0.717) is 11.4 Å². The van der Waals surface area contributed by atoms with Gasteiger partial charge in [-0.2, -0.15) is 0 Å². The van der Waals surface area contributed by atoms with Gasteiger partial charge in [0.05, 0.1) is 4.90 Å². The third-order valence-electron chi connectivity index (χ3n) is 3.84. The van der Waals surface area contributed by atoms with Crippen LogP contribution in [-0.2, 0) is 16.6 Å². The van der Waals surface area contributed by atoms with Crippen molar-refractivity contribution in [3.63, 3.8) is 0 Å². The van der Waals surface area contributed by atoms with E-state index in [1.54, 1.807) is 12.1 Å². The van der Waals surface area contributed by atoms with Crippen LogP contribution in [-0.4, -0.2) is 8.42 Å². The number of nitrogens with one attached hydrogen (secondary N) is 1. The number of anilines is 1. The summed E-state index contributed by atoms with van der Waals surface area (Å²) in [6.45, 7) is 2.21. The Morgan fingerprint density at radius 1 is 0.846 bits per heavy atom. The number of ether oxygens (including phenoxy) is 1. The SMILES string of the molecule is Cc1ccc(Oc2ccc(CNS(=O)(=O)c3ccc(N)cc3)cc2)cc1. The molecule has 3 aromatic rings. The Bertz CT molecular complexity index is 965. The topological polar surface area (TPSA) is 81.4 Å². The summed E-state index contributed by atoms with van der Waals surface area (Å²) >= 11 is 0. The van der Waals surface area contributed by atoms with E-state index < -0.39 is 10.0 Å². The highest BCUT2D eigenvalue weighted by atomic mass is 32.2. The van der Waals surface area contributed by atoms with E-state index in [1.807, 2.05) is 55.5 Å². The molecule has 0 aliphatic heterocycles. The molecule has 0 aliphatic carbocycles. The minimum atomic E-state index is -3.57. The number of hydrogen-bond acceptors (Lipinski definition) is 4. The highest BCUT2D eigenvalue weighted by molar-refractivity contribution is 7.89. The first-order valence-corrected chi connectivity index (χ1v) is 9.59. The van der Waals surface area contributed by atoms with Gasteiger partial charge in [0.25, 0.3) is 0 Å². The van der Waals surface area contributed by atoms with Gasteiger partial charge in [-0.25, -0.2) is 13.1 Å². The molecule has 0 radical (unpaired) electrons. The maximum Gasteiger partial charge on any atom is 0.240 e. The van der Waals surface area contributed by atoms with Gasteiger partial charge in [-0.3, -0.25) is 0 Å². The first kappa shape index (κ1) is 18.0. The van der Waals surface area contributed by atoms with E-state index in [4.69, 9.17) is 10.5 Å². The Morgan fingerprint density at radius 3 is 1.96 bits per heavy atom. The molecular weight excluding hydrogens is 348 g/mol. The maximum atomic E-state index is 12.3. The number of nitrogens with two attached hydrogens (primary N) is 1. The normalized spacial score (nSPS) is 11.3. The smallest absolute Gasteiger partial charge is 0.240 e. The number of aryl methyl sites for hydroxylation is 1. The fourth-order valence-electron chi connectivity index (χ4n) is 2.33. The molecule has 0 saturated carbocycles. The molecule has 0 amide bonds. The summed E-state index contributed by atoms with van der Waals surface area (Å²) in [5.41, 5.74) is 8.11. The van der Waals surface area contributed by atoms with Gasteiger partial charge in [-0.05, 0) is 61.0 Å². The fourth-order valence-corrected chi connectivity index (χ4v) is 3.34. The van der Waals surface area contributed by atoms with E-state index in [9.17, 15) is 8.42 Å². The standard InChI is InChI=1S/C20H20N2O3S/c1-15-2-8-18(9-3-15)25-19-10-4-16(5-11-19)14-22-26(23,24)20-12-6-17(21)7-13-20/h2-13,22H,14,21H2,1H3. The summed E-state index contributed by atoms with van der Waals surface area (Å²) in [5, 5.41) is 0. The molecule has 134 valence electrons. The average molecular weight is 368 g/mol. The molecule has 0 unspecified atom stereocenters. The van der Waals surface area contributed by atoms with Crippen molar-refractivity contribution in [1.29, 1.82) is 0 Å². The molecule has 3 rings (SSSR count). The molecule has 0 fully saturated rings. The van der Waals surface area contributed by atoms with Gasteiger partial charge in [0.2, 0.25) is 10.0 Å². The summed E-state index contributed by atoms with van der Waals surface area (Å²) in [6, 6.07) is 21.1. The van der Waals surface area contributed by atoms with Crippen LogP contribution in [0.1, 0.15) is 11.1 Å². The third kappa shape index (κ3) is 4.62. The molecule has 0 atom stereocenters. The van der Waals surface area contributed by atoms with E-state index >= 15 is 0 Å². The minimum absolute atomic E-state index is 0.186. The molecule has 6 heteroatoms. The molecule has 3 N–H and O–H groups in total. The van der Waals surface area contributed by atoms with Crippen molar-refractivity contribution in [2.45, 2.75) is 18.4 Å². The van der Waals surface area contributed by atoms with Crippen molar-refractivity contribution in [2.75, 3.05) is 5.73 Å². The Hall–Kier alpha value is -2.83. The molecule has 0 aromatic heterocycles. The highest BCUT2D eigenvalue weighted by Crippen LogP contribution is 2.22. The number of nitrogen functional groups attached to an aromatic ring is 1. The number of hydrogen-bond donors (Lipinski definition) is 2. The lowest BCUT2D eigenvalue weighted by Gasteiger charge is -2.09. The second-order valence-corrected chi connectivity index (χ2v) is 7.72. The molecule has 0 aliphatic rings. The van der Waals surface area contributed by atoms with Gasteiger partial charge in [0.1, 0.15) is 11.5 Å². The van der Waals surface area contributed by atoms with Crippen LogP contribution in [0.2, 0.25) is 0 Å². The second-order valence-electron chi connectivity index (χ2n) is 5.95. The quantitative estimate of drug-likeness (QED) is 0.648. The molecule has 3 aromatic carbocycles. The summed E-state index contributed by atoms with van der Waals surface area (Å²) in [5.74, 6) is 1.45. The molecular formula is C20H20N2O3S. The number of rotatable bonds is 6. The van der Waals surface area contributed by atoms with Crippen molar-refractivity contribution < 1.29 is 13.2 Å². The summed E-state index contributed by atoms with van der Waals surface area (Å²) in [6.07, 6.45) is 0. The van der Waals surface area contributed by atoms with E-state index in [2.05, 4.69) is 4.72 Å². The van der Waals surface area contributed by atoms with E-state index in [1.165, 1.54) is 17.7 Å². The lowest BCUT2D eigenvalue weighted by Crippen LogP contribution is -2.23. The molecule has 0 spiro atoms. The summed E-state index contributed by atoms with van der Waals surface area (Å²) in [7, 11) is -3.57. The number of sulfonamides is 1.